The van der Waals surface area contributed by atoms with E-state index < -0.39 is 15.4 Å². The lowest BCUT2D eigenvalue weighted by Crippen LogP contribution is -2.24. The summed E-state index contributed by atoms with van der Waals surface area (Å²) in [5, 5.41) is 14.2. The van der Waals surface area contributed by atoms with Crippen molar-refractivity contribution >= 4 is 43.3 Å². The predicted octanol–water partition coefficient (Wildman–Crippen LogP) is 1.22. The van der Waals surface area contributed by atoms with Crippen LogP contribution in [0.3, 0.4) is 0 Å². The molecule has 0 saturated heterocycles. The highest BCUT2D eigenvalue weighted by Crippen LogP contribution is 2.38. The van der Waals surface area contributed by atoms with Gasteiger partial charge >= 0.3 is 0 Å². The Labute approximate surface area is 125 Å². The van der Waals surface area contributed by atoms with Crippen LogP contribution in [0.1, 0.15) is 17.5 Å². The SMILES string of the molecule is CC(O)(Cc1csc(N)n1)c1scc(S(C)(=O)=O)c1N. The normalized spacial score (nSPS) is 15.2. The summed E-state index contributed by atoms with van der Waals surface area (Å²) in [6, 6.07) is 0. The zero-order valence-corrected chi connectivity index (χ0v) is 13.4. The zero-order chi connectivity index (χ0) is 15.1. The lowest BCUT2D eigenvalue weighted by Gasteiger charge is -2.21. The Morgan fingerprint density at radius 3 is 2.45 bits per heavy atom. The number of anilines is 2. The van der Waals surface area contributed by atoms with Crippen LogP contribution in [0.5, 0.6) is 0 Å². The van der Waals surface area contributed by atoms with Crippen molar-refractivity contribution in [3.8, 4) is 0 Å². The van der Waals surface area contributed by atoms with Crippen LogP contribution in [0.2, 0.25) is 0 Å². The second-order valence-corrected chi connectivity index (χ2v) is 8.50. The number of thiophene rings is 1. The van der Waals surface area contributed by atoms with E-state index in [1.807, 2.05) is 0 Å². The Hall–Kier alpha value is -1.16. The highest BCUT2D eigenvalue weighted by Gasteiger charge is 2.31. The minimum absolute atomic E-state index is 0.0515. The van der Waals surface area contributed by atoms with E-state index in [9.17, 15) is 13.5 Å². The number of aliphatic hydroxyl groups is 1. The van der Waals surface area contributed by atoms with Gasteiger partial charge in [-0.3, -0.25) is 0 Å². The van der Waals surface area contributed by atoms with Crippen LogP contribution in [0.25, 0.3) is 0 Å². The van der Waals surface area contributed by atoms with Gasteiger partial charge in [-0.15, -0.1) is 22.7 Å². The number of thiazole rings is 1. The van der Waals surface area contributed by atoms with Crippen LogP contribution in [-0.4, -0.2) is 24.8 Å². The fraction of sp³-hybridized carbons (Fsp3) is 0.364. The average molecular weight is 333 g/mol. The lowest BCUT2D eigenvalue weighted by molar-refractivity contribution is 0.0612. The third-order valence-electron chi connectivity index (χ3n) is 2.78. The van der Waals surface area contributed by atoms with E-state index in [0.717, 1.165) is 17.6 Å². The first kappa shape index (κ1) is 15.2. The smallest absolute Gasteiger partial charge is 0.180 e. The topological polar surface area (TPSA) is 119 Å². The highest BCUT2D eigenvalue weighted by molar-refractivity contribution is 7.91. The van der Waals surface area contributed by atoms with Crippen molar-refractivity contribution in [3.63, 3.8) is 0 Å². The van der Waals surface area contributed by atoms with Gasteiger partial charge in [0.05, 0.1) is 16.3 Å². The molecule has 5 N–H and O–H groups in total. The average Bonchev–Trinajstić information content (AvgIpc) is 2.83. The molecule has 0 aliphatic heterocycles. The molecule has 2 heterocycles. The molecule has 0 aromatic carbocycles. The molecular weight excluding hydrogens is 318 g/mol. The summed E-state index contributed by atoms with van der Waals surface area (Å²) < 4.78 is 23.1. The van der Waals surface area contributed by atoms with Crippen molar-refractivity contribution in [1.29, 1.82) is 0 Å². The first-order valence-electron chi connectivity index (χ1n) is 5.61. The maximum atomic E-state index is 11.6. The predicted molar refractivity (Wildman–Crippen MR) is 81.6 cm³/mol. The first-order chi connectivity index (χ1) is 9.11. The molecule has 0 spiro atoms. The second kappa shape index (κ2) is 4.99. The number of hydrogen-bond donors (Lipinski definition) is 3. The van der Waals surface area contributed by atoms with Gasteiger partial charge in [0.15, 0.2) is 15.0 Å². The molecule has 6 nitrogen and oxygen atoms in total. The number of rotatable bonds is 4. The van der Waals surface area contributed by atoms with Gasteiger partial charge < -0.3 is 16.6 Å². The molecule has 1 atom stereocenters. The number of aromatic nitrogens is 1. The molecule has 0 amide bonds. The summed E-state index contributed by atoms with van der Waals surface area (Å²) in [5.74, 6) is 0. The number of nitrogens with zero attached hydrogens (tertiary/aromatic N) is 1. The molecule has 0 aliphatic carbocycles. The fourth-order valence-electron chi connectivity index (χ4n) is 1.89. The van der Waals surface area contributed by atoms with E-state index in [-0.39, 0.29) is 17.0 Å². The summed E-state index contributed by atoms with van der Waals surface area (Å²) in [7, 11) is -3.40. The first-order valence-corrected chi connectivity index (χ1v) is 9.26. The molecule has 0 radical (unpaired) electrons. The minimum Gasteiger partial charge on any atom is -0.397 e. The Balaban J connectivity index is 2.37. The van der Waals surface area contributed by atoms with Crippen LogP contribution in [0, 0.1) is 0 Å². The van der Waals surface area contributed by atoms with Crippen LogP contribution in [0.4, 0.5) is 10.8 Å². The van der Waals surface area contributed by atoms with E-state index >= 15 is 0 Å². The molecule has 0 bridgehead atoms. The molecule has 2 aromatic heterocycles. The number of nitrogens with two attached hydrogens (primary N) is 2. The number of sulfone groups is 1. The minimum atomic E-state index is -3.40. The standard InChI is InChI=1S/C11H15N3O3S3/c1-11(15,3-6-4-19-10(13)14-6)9-8(12)7(5-18-9)20(2,16)17/h4-5,15H,3,12H2,1-2H3,(H2,13,14). The molecule has 1 unspecified atom stereocenters. The van der Waals surface area contributed by atoms with E-state index in [4.69, 9.17) is 11.5 Å². The van der Waals surface area contributed by atoms with Crippen molar-refractivity contribution in [2.75, 3.05) is 17.7 Å². The third-order valence-corrected chi connectivity index (χ3v) is 6.03. The fourth-order valence-corrected chi connectivity index (χ4v) is 4.78. The van der Waals surface area contributed by atoms with Crippen LogP contribution < -0.4 is 11.5 Å². The van der Waals surface area contributed by atoms with Gasteiger partial charge in [0.2, 0.25) is 0 Å². The van der Waals surface area contributed by atoms with E-state index in [1.165, 1.54) is 16.7 Å². The molecule has 2 aromatic rings. The molecule has 9 heteroatoms. The van der Waals surface area contributed by atoms with Crippen molar-refractivity contribution in [3.05, 3.63) is 21.3 Å². The Morgan fingerprint density at radius 1 is 1.35 bits per heavy atom. The summed E-state index contributed by atoms with van der Waals surface area (Å²) in [4.78, 5) is 4.56. The van der Waals surface area contributed by atoms with E-state index in [1.54, 1.807) is 12.3 Å². The second-order valence-electron chi connectivity index (χ2n) is 4.74. The van der Waals surface area contributed by atoms with Gasteiger partial charge in [-0.2, -0.15) is 0 Å². The Kier molecular flexibility index (Phi) is 3.80. The summed E-state index contributed by atoms with van der Waals surface area (Å²) >= 11 is 2.41. The Bertz CT molecular complexity index is 731. The maximum Gasteiger partial charge on any atom is 0.180 e. The highest BCUT2D eigenvalue weighted by atomic mass is 32.2. The van der Waals surface area contributed by atoms with Crippen LogP contribution in [0.15, 0.2) is 15.7 Å². The van der Waals surface area contributed by atoms with Gasteiger partial charge in [0.25, 0.3) is 0 Å². The summed E-state index contributed by atoms with van der Waals surface area (Å²) in [6.45, 7) is 1.58. The monoisotopic (exact) mass is 333 g/mol. The molecule has 0 fully saturated rings. The van der Waals surface area contributed by atoms with E-state index in [0.29, 0.717) is 15.7 Å². The van der Waals surface area contributed by atoms with Gasteiger partial charge in [0, 0.05) is 23.4 Å². The van der Waals surface area contributed by atoms with Crippen molar-refractivity contribution in [2.24, 2.45) is 0 Å². The van der Waals surface area contributed by atoms with Gasteiger partial charge in [-0.05, 0) is 6.92 Å². The van der Waals surface area contributed by atoms with Crippen LogP contribution in [-0.2, 0) is 21.9 Å². The van der Waals surface area contributed by atoms with Gasteiger partial charge in [-0.1, -0.05) is 0 Å². The van der Waals surface area contributed by atoms with Crippen LogP contribution >= 0.6 is 22.7 Å². The third kappa shape index (κ3) is 2.95. The molecule has 110 valence electrons. The largest absolute Gasteiger partial charge is 0.397 e. The van der Waals surface area contributed by atoms with Gasteiger partial charge in [-0.25, -0.2) is 13.4 Å². The van der Waals surface area contributed by atoms with Crippen molar-refractivity contribution in [2.45, 2.75) is 23.8 Å². The van der Waals surface area contributed by atoms with Gasteiger partial charge in [0.1, 0.15) is 10.5 Å². The van der Waals surface area contributed by atoms with E-state index in [2.05, 4.69) is 4.98 Å². The summed E-state index contributed by atoms with van der Waals surface area (Å²) in [5.41, 5.74) is 10.9. The molecule has 0 saturated carbocycles. The molecular formula is C11H15N3O3S3. The van der Waals surface area contributed by atoms with Crippen molar-refractivity contribution in [1.82, 2.24) is 4.98 Å². The number of nitrogen functional groups attached to an aromatic ring is 2. The molecule has 0 aliphatic rings. The summed E-state index contributed by atoms with van der Waals surface area (Å²) in [6.07, 6.45) is 1.31. The molecule has 20 heavy (non-hydrogen) atoms. The van der Waals surface area contributed by atoms with Crippen molar-refractivity contribution < 1.29 is 13.5 Å². The maximum absolute atomic E-state index is 11.6. The lowest BCUT2D eigenvalue weighted by atomic mass is 9.98. The quantitative estimate of drug-likeness (QED) is 0.774. The Morgan fingerprint density at radius 2 is 2.00 bits per heavy atom. The number of hydrogen-bond acceptors (Lipinski definition) is 8. The zero-order valence-electron chi connectivity index (χ0n) is 11.0. The molecule has 2 rings (SSSR count).